The lowest BCUT2D eigenvalue weighted by atomic mass is 10.1. The zero-order valence-corrected chi connectivity index (χ0v) is 12.6. The Morgan fingerprint density at radius 2 is 1.67 bits per heavy atom. The summed E-state index contributed by atoms with van der Waals surface area (Å²) in [5.74, 6) is 1.52. The number of benzene rings is 2. The molecule has 4 nitrogen and oxygen atoms in total. The van der Waals surface area contributed by atoms with Gasteiger partial charge in [0.05, 0.1) is 20.3 Å². The Morgan fingerprint density at radius 3 is 2.24 bits per heavy atom. The second-order valence-corrected chi connectivity index (χ2v) is 4.84. The van der Waals surface area contributed by atoms with E-state index in [1.54, 1.807) is 21.1 Å². The van der Waals surface area contributed by atoms with Crippen LogP contribution in [-0.4, -0.2) is 19.3 Å². The molecular formula is C17H21NO3. The van der Waals surface area contributed by atoms with Gasteiger partial charge in [0.2, 0.25) is 0 Å². The van der Waals surface area contributed by atoms with Crippen LogP contribution >= 0.6 is 0 Å². The number of para-hydroxylation sites is 1. The standard InChI is InChI=1S/C17H21NO3/c1-12(19)16-6-4-5-7-17(16)18-11-13-8-14(20-2)10-15(9-13)21-3/h4-10,12,18-19H,11H2,1-3H3. The fraction of sp³-hybridized carbons (Fsp3) is 0.294. The lowest BCUT2D eigenvalue weighted by Gasteiger charge is -2.15. The van der Waals surface area contributed by atoms with Crippen LogP contribution in [0.3, 0.4) is 0 Å². The number of anilines is 1. The molecule has 2 aromatic carbocycles. The summed E-state index contributed by atoms with van der Waals surface area (Å²) < 4.78 is 10.5. The molecule has 0 aliphatic rings. The fourth-order valence-electron chi connectivity index (χ4n) is 2.19. The van der Waals surface area contributed by atoms with Crippen molar-refractivity contribution in [3.05, 3.63) is 53.6 Å². The maximum Gasteiger partial charge on any atom is 0.122 e. The van der Waals surface area contributed by atoms with Gasteiger partial charge in [0, 0.05) is 23.9 Å². The number of aliphatic hydroxyl groups excluding tert-OH is 1. The summed E-state index contributed by atoms with van der Waals surface area (Å²) in [5.41, 5.74) is 2.85. The van der Waals surface area contributed by atoms with Gasteiger partial charge in [-0.3, -0.25) is 0 Å². The first-order valence-corrected chi connectivity index (χ1v) is 6.87. The average molecular weight is 287 g/mol. The first-order valence-electron chi connectivity index (χ1n) is 6.87. The smallest absolute Gasteiger partial charge is 0.122 e. The molecule has 2 rings (SSSR count). The molecule has 0 saturated heterocycles. The molecule has 21 heavy (non-hydrogen) atoms. The minimum Gasteiger partial charge on any atom is -0.497 e. The van der Waals surface area contributed by atoms with Crippen molar-refractivity contribution in [2.24, 2.45) is 0 Å². The van der Waals surface area contributed by atoms with Crippen LogP contribution in [-0.2, 0) is 6.54 Å². The average Bonchev–Trinajstić information content (AvgIpc) is 2.52. The highest BCUT2D eigenvalue weighted by Crippen LogP contribution is 2.25. The predicted octanol–water partition coefficient (Wildman–Crippen LogP) is 3.37. The highest BCUT2D eigenvalue weighted by molar-refractivity contribution is 5.52. The molecule has 1 unspecified atom stereocenters. The van der Waals surface area contributed by atoms with E-state index in [4.69, 9.17) is 9.47 Å². The lowest BCUT2D eigenvalue weighted by molar-refractivity contribution is 0.200. The van der Waals surface area contributed by atoms with Crippen molar-refractivity contribution in [3.8, 4) is 11.5 Å². The van der Waals surface area contributed by atoms with E-state index in [9.17, 15) is 5.11 Å². The normalized spacial score (nSPS) is 11.8. The third-order valence-electron chi connectivity index (χ3n) is 3.31. The van der Waals surface area contributed by atoms with Crippen LogP contribution in [0.4, 0.5) is 5.69 Å². The summed E-state index contributed by atoms with van der Waals surface area (Å²) in [7, 11) is 3.27. The summed E-state index contributed by atoms with van der Waals surface area (Å²) in [5, 5.41) is 13.1. The van der Waals surface area contributed by atoms with Gasteiger partial charge in [-0.15, -0.1) is 0 Å². The zero-order chi connectivity index (χ0) is 15.2. The first-order chi connectivity index (χ1) is 10.1. The van der Waals surface area contributed by atoms with Crippen LogP contribution in [0.5, 0.6) is 11.5 Å². The fourth-order valence-corrected chi connectivity index (χ4v) is 2.19. The minimum atomic E-state index is -0.506. The molecule has 0 spiro atoms. The Balaban J connectivity index is 2.16. The van der Waals surface area contributed by atoms with Gasteiger partial charge >= 0.3 is 0 Å². The maximum atomic E-state index is 9.79. The Morgan fingerprint density at radius 1 is 1.05 bits per heavy atom. The zero-order valence-electron chi connectivity index (χ0n) is 12.6. The number of hydrogen-bond acceptors (Lipinski definition) is 4. The molecule has 0 amide bonds. The van der Waals surface area contributed by atoms with E-state index in [2.05, 4.69) is 5.32 Å². The van der Waals surface area contributed by atoms with Crippen LogP contribution in [0, 0.1) is 0 Å². The van der Waals surface area contributed by atoms with E-state index in [0.29, 0.717) is 6.54 Å². The van der Waals surface area contributed by atoms with E-state index < -0.39 is 6.10 Å². The van der Waals surface area contributed by atoms with E-state index in [1.165, 1.54) is 0 Å². The number of hydrogen-bond donors (Lipinski definition) is 2. The van der Waals surface area contributed by atoms with Gasteiger partial charge in [-0.05, 0) is 30.7 Å². The third kappa shape index (κ3) is 3.89. The van der Waals surface area contributed by atoms with Crippen LogP contribution in [0.15, 0.2) is 42.5 Å². The Hall–Kier alpha value is -2.20. The van der Waals surface area contributed by atoms with Crippen molar-refractivity contribution in [1.29, 1.82) is 0 Å². The van der Waals surface area contributed by atoms with Crippen LogP contribution < -0.4 is 14.8 Å². The molecular weight excluding hydrogens is 266 g/mol. The van der Waals surface area contributed by atoms with Crippen molar-refractivity contribution in [3.63, 3.8) is 0 Å². The van der Waals surface area contributed by atoms with E-state index in [-0.39, 0.29) is 0 Å². The molecule has 4 heteroatoms. The van der Waals surface area contributed by atoms with Crippen molar-refractivity contribution in [1.82, 2.24) is 0 Å². The molecule has 112 valence electrons. The van der Waals surface area contributed by atoms with Crippen molar-refractivity contribution < 1.29 is 14.6 Å². The van der Waals surface area contributed by atoms with E-state index in [0.717, 1.165) is 28.3 Å². The Bertz CT molecular complexity index is 574. The molecule has 0 saturated carbocycles. The molecule has 0 heterocycles. The number of nitrogens with one attached hydrogen (secondary N) is 1. The van der Waals surface area contributed by atoms with Gasteiger partial charge in [0.15, 0.2) is 0 Å². The summed E-state index contributed by atoms with van der Waals surface area (Å²) in [4.78, 5) is 0. The van der Waals surface area contributed by atoms with Gasteiger partial charge in [-0.1, -0.05) is 18.2 Å². The number of ether oxygens (including phenoxy) is 2. The van der Waals surface area contributed by atoms with Crippen molar-refractivity contribution in [2.75, 3.05) is 19.5 Å². The monoisotopic (exact) mass is 287 g/mol. The molecule has 2 aromatic rings. The van der Waals surface area contributed by atoms with Crippen LogP contribution in [0.1, 0.15) is 24.2 Å². The molecule has 0 aliphatic heterocycles. The summed E-state index contributed by atoms with van der Waals surface area (Å²) in [6.07, 6.45) is -0.506. The van der Waals surface area contributed by atoms with E-state index >= 15 is 0 Å². The van der Waals surface area contributed by atoms with Crippen LogP contribution in [0.2, 0.25) is 0 Å². The van der Waals surface area contributed by atoms with Crippen molar-refractivity contribution in [2.45, 2.75) is 19.6 Å². The quantitative estimate of drug-likeness (QED) is 0.855. The number of rotatable bonds is 6. The van der Waals surface area contributed by atoms with Gasteiger partial charge in [0.1, 0.15) is 11.5 Å². The van der Waals surface area contributed by atoms with Gasteiger partial charge < -0.3 is 19.9 Å². The molecule has 0 aliphatic carbocycles. The Kier molecular flexibility index (Phi) is 5.06. The van der Waals surface area contributed by atoms with E-state index in [1.807, 2.05) is 42.5 Å². The molecule has 0 bridgehead atoms. The molecule has 0 radical (unpaired) electrons. The van der Waals surface area contributed by atoms with Gasteiger partial charge in [-0.2, -0.15) is 0 Å². The predicted molar refractivity (Wildman–Crippen MR) is 83.9 cm³/mol. The Labute approximate surface area is 125 Å². The topological polar surface area (TPSA) is 50.7 Å². The van der Waals surface area contributed by atoms with Gasteiger partial charge in [-0.25, -0.2) is 0 Å². The minimum absolute atomic E-state index is 0.506. The second kappa shape index (κ2) is 6.99. The van der Waals surface area contributed by atoms with Crippen LogP contribution in [0.25, 0.3) is 0 Å². The summed E-state index contributed by atoms with van der Waals surface area (Å²) >= 11 is 0. The second-order valence-electron chi connectivity index (χ2n) is 4.84. The number of aliphatic hydroxyl groups is 1. The lowest BCUT2D eigenvalue weighted by Crippen LogP contribution is -2.04. The van der Waals surface area contributed by atoms with Gasteiger partial charge in [0.25, 0.3) is 0 Å². The highest BCUT2D eigenvalue weighted by Gasteiger charge is 2.07. The molecule has 1 atom stereocenters. The molecule has 0 fully saturated rings. The third-order valence-corrected chi connectivity index (χ3v) is 3.31. The summed E-state index contributed by atoms with van der Waals surface area (Å²) in [6, 6.07) is 13.5. The first kappa shape index (κ1) is 15.2. The highest BCUT2D eigenvalue weighted by atomic mass is 16.5. The summed E-state index contributed by atoms with van der Waals surface area (Å²) in [6.45, 7) is 2.38. The SMILES string of the molecule is COc1cc(CNc2ccccc2C(C)O)cc(OC)c1. The largest absolute Gasteiger partial charge is 0.497 e. The molecule has 2 N–H and O–H groups in total. The van der Waals surface area contributed by atoms with Crippen molar-refractivity contribution >= 4 is 5.69 Å². The number of methoxy groups -OCH3 is 2. The molecule has 0 aromatic heterocycles. The maximum absolute atomic E-state index is 9.79.